The highest BCUT2D eigenvalue weighted by atomic mass is 19.1. The summed E-state index contributed by atoms with van der Waals surface area (Å²) in [4.78, 5) is 23.1. The van der Waals surface area contributed by atoms with Gasteiger partial charge >= 0.3 is 12.1 Å². The fraction of sp³-hybridized carbons (Fsp3) is 0.385. The molecule has 1 aromatic carbocycles. The van der Waals surface area contributed by atoms with Crippen LogP contribution >= 0.6 is 0 Å². The van der Waals surface area contributed by atoms with Crippen LogP contribution in [0.4, 0.5) is 9.18 Å². The maximum absolute atomic E-state index is 12.8. The van der Waals surface area contributed by atoms with Crippen LogP contribution < -0.4 is 0 Å². The molecule has 102 valence electrons. The molecule has 0 aromatic heterocycles. The van der Waals surface area contributed by atoms with Gasteiger partial charge in [0.2, 0.25) is 0 Å². The summed E-state index contributed by atoms with van der Waals surface area (Å²) in [6.07, 6.45) is -0.459. The number of nitrogens with zero attached hydrogens (tertiary/aromatic N) is 1. The first kappa shape index (κ1) is 13.3. The summed E-state index contributed by atoms with van der Waals surface area (Å²) in [7, 11) is 0. The van der Waals surface area contributed by atoms with Gasteiger partial charge in [-0.15, -0.1) is 0 Å². The van der Waals surface area contributed by atoms with Crippen LogP contribution in [0.25, 0.3) is 0 Å². The largest absolute Gasteiger partial charge is 0.480 e. The Balaban J connectivity index is 2.17. The predicted octanol–water partition coefficient (Wildman–Crippen LogP) is 2.14. The summed E-state index contributed by atoms with van der Waals surface area (Å²) in [5.41, 5.74) is 0.845. The molecule has 1 amide bonds. The maximum atomic E-state index is 12.8. The van der Waals surface area contributed by atoms with E-state index >= 15 is 0 Å². The zero-order valence-corrected chi connectivity index (χ0v) is 10.1. The highest BCUT2D eigenvalue weighted by molar-refractivity contribution is 5.79. The van der Waals surface area contributed by atoms with E-state index in [2.05, 4.69) is 0 Å². The van der Waals surface area contributed by atoms with Crippen LogP contribution in [0.5, 0.6) is 0 Å². The van der Waals surface area contributed by atoms with E-state index in [0.717, 1.165) is 10.5 Å². The highest BCUT2D eigenvalue weighted by Gasteiger charge is 2.36. The van der Waals surface area contributed by atoms with Gasteiger partial charge in [-0.2, -0.15) is 0 Å². The normalized spacial score (nSPS) is 23.1. The molecule has 5 nitrogen and oxygen atoms in total. The Morgan fingerprint density at radius 1 is 1.21 bits per heavy atom. The third-order valence-corrected chi connectivity index (χ3v) is 3.47. The van der Waals surface area contributed by atoms with Crippen molar-refractivity contribution in [2.45, 2.75) is 24.8 Å². The molecule has 0 unspecified atom stereocenters. The molecule has 0 radical (unpaired) electrons. The van der Waals surface area contributed by atoms with Crippen LogP contribution in [-0.2, 0) is 4.79 Å². The Morgan fingerprint density at radius 3 is 2.37 bits per heavy atom. The molecule has 6 heteroatoms. The number of carboxylic acids is 1. The molecule has 1 aliphatic rings. The van der Waals surface area contributed by atoms with Gasteiger partial charge in [-0.25, -0.2) is 14.0 Å². The first-order valence-corrected chi connectivity index (χ1v) is 5.97. The van der Waals surface area contributed by atoms with Gasteiger partial charge in [-0.3, -0.25) is 4.90 Å². The number of amides is 1. The molecular weight excluding hydrogens is 253 g/mol. The van der Waals surface area contributed by atoms with E-state index < -0.39 is 18.1 Å². The minimum absolute atomic E-state index is 0.0581. The van der Waals surface area contributed by atoms with Gasteiger partial charge in [0.05, 0.1) is 0 Å². The van der Waals surface area contributed by atoms with E-state index in [1.54, 1.807) is 12.1 Å². The zero-order chi connectivity index (χ0) is 14.0. The smallest absolute Gasteiger partial charge is 0.408 e. The quantitative estimate of drug-likeness (QED) is 0.860. The number of rotatable bonds is 2. The molecule has 2 rings (SSSR count). The predicted molar refractivity (Wildman–Crippen MR) is 64.5 cm³/mol. The number of piperidine rings is 1. The Kier molecular flexibility index (Phi) is 3.69. The molecular formula is C13H14FNO4. The summed E-state index contributed by atoms with van der Waals surface area (Å²) in [6, 6.07) is 4.86. The number of hydrogen-bond donors (Lipinski definition) is 2. The van der Waals surface area contributed by atoms with Gasteiger partial charge in [0.25, 0.3) is 0 Å². The number of halogens is 1. The number of aliphatic carboxylic acids is 1. The Bertz CT molecular complexity index is 488. The average molecular weight is 267 g/mol. The van der Waals surface area contributed by atoms with Crippen molar-refractivity contribution in [1.82, 2.24) is 4.90 Å². The Hall–Kier alpha value is -2.11. The second kappa shape index (κ2) is 5.26. The zero-order valence-electron chi connectivity index (χ0n) is 10.1. The lowest BCUT2D eigenvalue weighted by Gasteiger charge is -2.35. The number of hydrogen-bond acceptors (Lipinski definition) is 2. The number of likely N-dealkylation sites (tertiary alicyclic amines) is 1. The number of carboxylic acid groups (broad SMARTS) is 2. The summed E-state index contributed by atoms with van der Waals surface area (Å²) in [5, 5.41) is 18.1. The number of benzene rings is 1. The summed E-state index contributed by atoms with van der Waals surface area (Å²) < 4.78 is 12.8. The van der Waals surface area contributed by atoms with Crippen LogP contribution in [0.15, 0.2) is 24.3 Å². The number of carbonyl (C=O) groups is 2. The Morgan fingerprint density at radius 2 is 1.84 bits per heavy atom. The van der Waals surface area contributed by atoms with Crippen molar-refractivity contribution < 1.29 is 24.2 Å². The fourth-order valence-electron chi connectivity index (χ4n) is 2.47. The van der Waals surface area contributed by atoms with Crippen molar-refractivity contribution in [1.29, 1.82) is 0 Å². The summed E-state index contributed by atoms with van der Waals surface area (Å²) in [6.45, 7) is 0.175. The van der Waals surface area contributed by atoms with Gasteiger partial charge in [0, 0.05) is 6.54 Å². The summed E-state index contributed by atoms with van der Waals surface area (Å²) >= 11 is 0. The maximum Gasteiger partial charge on any atom is 0.408 e. The monoisotopic (exact) mass is 267 g/mol. The second-order valence-corrected chi connectivity index (χ2v) is 4.60. The molecule has 0 saturated carbocycles. The van der Waals surface area contributed by atoms with Gasteiger partial charge in [-0.05, 0) is 36.5 Å². The van der Waals surface area contributed by atoms with Gasteiger partial charge in [-0.1, -0.05) is 12.1 Å². The molecule has 0 spiro atoms. The van der Waals surface area contributed by atoms with Crippen molar-refractivity contribution in [3.8, 4) is 0 Å². The van der Waals surface area contributed by atoms with E-state index in [1.807, 2.05) is 0 Å². The van der Waals surface area contributed by atoms with Crippen LogP contribution in [0, 0.1) is 5.82 Å². The fourth-order valence-corrected chi connectivity index (χ4v) is 2.47. The third-order valence-electron chi connectivity index (χ3n) is 3.47. The summed E-state index contributed by atoms with van der Waals surface area (Å²) in [5.74, 6) is -1.55. The topological polar surface area (TPSA) is 77.8 Å². The lowest BCUT2D eigenvalue weighted by atomic mass is 9.85. The van der Waals surface area contributed by atoms with Gasteiger partial charge in [0.1, 0.15) is 11.9 Å². The van der Waals surface area contributed by atoms with E-state index in [4.69, 9.17) is 10.2 Å². The standard InChI is InChI=1S/C13H14FNO4/c14-10-3-1-8(2-4-10)9-5-6-15(13(18)19)11(7-9)12(16)17/h1-4,9,11H,5-7H2,(H,16,17)(H,18,19)/t9-,11+/m0/s1. The lowest BCUT2D eigenvalue weighted by molar-refractivity contribution is -0.144. The first-order valence-electron chi connectivity index (χ1n) is 5.97. The van der Waals surface area contributed by atoms with E-state index in [-0.39, 0.29) is 24.7 Å². The van der Waals surface area contributed by atoms with Crippen LogP contribution in [-0.4, -0.2) is 39.8 Å². The Labute approximate surface area is 109 Å². The molecule has 2 atom stereocenters. The van der Waals surface area contributed by atoms with E-state index in [9.17, 15) is 14.0 Å². The van der Waals surface area contributed by atoms with Crippen molar-refractivity contribution in [3.05, 3.63) is 35.6 Å². The molecule has 19 heavy (non-hydrogen) atoms. The van der Waals surface area contributed by atoms with Crippen LogP contribution in [0.3, 0.4) is 0 Å². The SMILES string of the molecule is O=C(O)[C@H]1C[C@@H](c2ccc(F)cc2)CCN1C(=O)O. The van der Waals surface area contributed by atoms with Gasteiger partial charge < -0.3 is 10.2 Å². The molecule has 1 aliphatic heterocycles. The molecule has 1 heterocycles. The third kappa shape index (κ3) is 2.83. The van der Waals surface area contributed by atoms with Crippen molar-refractivity contribution in [2.24, 2.45) is 0 Å². The minimum atomic E-state index is -1.22. The average Bonchev–Trinajstić information content (AvgIpc) is 2.38. The first-order chi connectivity index (χ1) is 8.99. The lowest BCUT2D eigenvalue weighted by Crippen LogP contribution is -2.49. The van der Waals surface area contributed by atoms with Crippen LogP contribution in [0.2, 0.25) is 0 Å². The van der Waals surface area contributed by atoms with Crippen LogP contribution in [0.1, 0.15) is 24.3 Å². The molecule has 1 aromatic rings. The molecule has 0 bridgehead atoms. The molecule has 2 N–H and O–H groups in total. The highest BCUT2D eigenvalue weighted by Crippen LogP contribution is 2.31. The van der Waals surface area contributed by atoms with Gasteiger partial charge in [0.15, 0.2) is 0 Å². The molecule has 0 aliphatic carbocycles. The van der Waals surface area contributed by atoms with E-state index in [0.29, 0.717) is 6.42 Å². The van der Waals surface area contributed by atoms with Crippen molar-refractivity contribution in [2.75, 3.05) is 6.54 Å². The van der Waals surface area contributed by atoms with E-state index in [1.165, 1.54) is 12.1 Å². The second-order valence-electron chi connectivity index (χ2n) is 4.60. The van der Waals surface area contributed by atoms with Crippen molar-refractivity contribution >= 4 is 12.1 Å². The minimum Gasteiger partial charge on any atom is -0.480 e. The molecule has 1 saturated heterocycles. The van der Waals surface area contributed by atoms with Crippen molar-refractivity contribution in [3.63, 3.8) is 0 Å². The molecule has 1 fully saturated rings.